The lowest BCUT2D eigenvalue weighted by Crippen LogP contribution is -2.60. The van der Waals surface area contributed by atoms with Gasteiger partial charge in [-0.05, 0) is 48.3 Å². The van der Waals surface area contributed by atoms with Gasteiger partial charge in [0.2, 0.25) is 0 Å². The molecule has 3 atom stereocenters. The van der Waals surface area contributed by atoms with Crippen LogP contribution < -0.4 is 4.74 Å². The van der Waals surface area contributed by atoms with Crippen molar-refractivity contribution in [3.63, 3.8) is 0 Å². The second-order valence-electron chi connectivity index (χ2n) is 8.15. The van der Waals surface area contributed by atoms with E-state index in [1.54, 1.807) is 13.2 Å². The summed E-state index contributed by atoms with van der Waals surface area (Å²) in [6, 6.07) is 13.1. The third-order valence-corrected chi connectivity index (χ3v) is 6.97. The minimum absolute atomic E-state index is 0.0276. The highest BCUT2D eigenvalue weighted by atomic mass is 16.5. The first-order chi connectivity index (χ1) is 14.1. The molecule has 5 nitrogen and oxygen atoms in total. The summed E-state index contributed by atoms with van der Waals surface area (Å²) in [5.74, 6) is 1.57. The van der Waals surface area contributed by atoms with Crippen LogP contribution in [-0.2, 0) is 16.6 Å². The van der Waals surface area contributed by atoms with Gasteiger partial charge < -0.3 is 19.5 Å². The summed E-state index contributed by atoms with van der Waals surface area (Å²) < 4.78 is 12.0. The van der Waals surface area contributed by atoms with Gasteiger partial charge in [-0.3, -0.25) is 4.79 Å². The van der Waals surface area contributed by atoms with Crippen LogP contribution in [0.15, 0.2) is 65.9 Å². The SMILES string of the molecule is COC1=CC=C2[C@@H]3Cc4ccc(O)c5c4[C@@]2(CCN3C(=O)c2ccccc2)[C@H]1O5. The topological polar surface area (TPSA) is 59.0 Å². The highest BCUT2D eigenvalue weighted by Gasteiger charge is 2.62. The van der Waals surface area contributed by atoms with E-state index in [0.717, 1.165) is 29.7 Å². The standard InChI is InChI=1S/C24H21NO4/c1-28-19-10-8-16-17-13-15-7-9-18(26)21-20(15)24(16,22(19)29-21)11-12-25(17)23(27)14-5-3-2-4-6-14/h2-10,17,22,26H,11-13H2,1H3/t17-,22-,24-/m0/s1. The Bertz CT molecular complexity index is 1100. The largest absolute Gasteiger partial charge is 0.504 e. The molecule has 0 unspecified atom stereocenters. The first-order valence-electron chi connectivity index (χ1n) is 9.99. The summed E-state index contributed by atoms with van der Waals surface area (Å²) >= 11 is 0. The number of piperidine rings is 1. The van der Waals surface area contributed by atoms with Gasteiger partial charge in [-0.25, -0.2) is 0 Å². The van der Waals surface area contributed by atoms with Gasteiger partial charge in [0, 0.05) is 17.7 Å². The zero-order chi connectivity index (χ0) is 19.8. The van der Waals surface area contributed by atoms with E-state index in [2.05, 4.69) is 6.08 Å². The van der Waals surface area contributed by atoms with Gasteiger partial charge in [0.1, 0.15) is 5.76 Å². The number of nitrogens with zero attached hydrogens (tertiary/aromatic N) is 1. The van der Waals surface area contributed by atoms with Crippen molar-refractivity contribution in [1.82, 2.24) is 4.90 Å². The summed E-state index contributed by atoms with van der Waals surface area (Å²) in [6.07, 6.45) is 5.22. The summed E-state index contributed by atoms with van der Waals surface area (Å²) in [6.45, 7) is 0.640. The van der Waals surface area contributed by atoms with Crippen LogP contribution in [0.1, 0.15) is 27.9 Å². The zero-order valence-electron chi connectivity index (χ0n) is 16.1. The number of likely N-dealkylation sites (tertiary alicyclic amines) is 1. The molecule has 2 aliphatic heterocycles. The van der Waals surface area contributed by atoms with Crippen molar-refractivity contribution in [3.05, 3.63) is 82.6 Å². The average Bonchev–Trinajstić information content (AvgIpc) is 3.10. The number of methoxy groups -OCH3 is 1. The molecule has 2 aromatic carbocycles. The fourth-order valence-corrected chi connectivity index (χ4v) is 5.77. The van der Waals surface area contributed by atoms with E-state index in [0.29, 0.717) is 17.9 Å². The van der Waals surface area contributed by atoms with Crippen molar-refractivity contribution in [3.8, 4) is 11.5 Å². The van der Waals surface area contributed by atoms with E-state index in [1.165, 1.54) is 5.57 Å². The normalized spacial score (nSPS) is 28.1. The first kappa shape index (κ1) is 16.7. The van der Waals surface area contributed by atoms with Crippen LogP contribution in [0, 0.1) is 0 Å². The number of rotatable bonds is 2. The fraction of sp³-hybridized carbons (Fsp3) is 0.292. The predicted octanol–water partition coefficient (Wildman–Crippen LogP) is 3.33. The molecule has 5 heteroatoms. The molecule has 2 heterocycles. The highest BCUT2D eigenvalue weighted by Crippen LogP contribution is 2.62. The second-order valence-corrected chi connectivity index (χ2v) is 8.15. The molecular formula is C24H21NO4. The van der Waals surface area contributed by atoms with Crippen LogP contribution in [0.3, 0.4) is 0 Å². The number of hydrogen-bond donors (Lipinski definition) is 1. The molecule has 4 aliphatic rings. The number of phenols is 1. The molecule has 1 amide bonds. The summed E-state index contributed by atoms with van der Waals surface area (Å²) in [5, 5.41) is 10.5. The Morgan fingerprint density at radius 3 is 2.83 bits per heavy atom. The van der Waals surface area contributed by atoms with Crippen LogP contribution in [-0.4, -0.2) is 41.7 Å². The molecule has 6 rings (SSSR count). The smallest absolute Gasteiger partial charge is 0.254 e. The first-order valence-corrected chi connectivity index (χ1v) is 9.99. The number of aromatic hydroxyl groups is 1. The van der Waals surface area contributed by atoms with Crippen molar-refractivity contribution in [2.24, 2.45) is 0 Å². The van der Waals surface area contributed by atoms with Gasteiger partial charge in [0.15, 0.2) is 17.6 Å². The minimum atomic E-state index is -0.375. The van der Waals surface area contributed by atoms with E-state index in [4.69, 9.17) is 9.47 Å². The monoisotopic (exact) mass is 387 g/mol. The van der Waals surface area contributed by atoms with Crippen LogP contribution in [0.2, 0.25) is 0 Å². The number of allylic oxidation sites excluding steroid dienone is 2. The quantitative estimate of drug-likeness (QED) is 0.859. The number of carbonyl (C=O) groups is 1. The molecule has 2 aliphatic carbocycles. The van der Waals surface area contributed by atoms with E-state index < -0.39 is 0 Å². The van der Waals surface area contributed by atoms with Crippen molar-refractivity contribution in [2.45, 2.75) is 30.4 Å². The Kier molecular flexibility index (Phi) is 3.26. The zero-order valence-corrected chi connectivity index (χ0v) is 16.1. The van der Waals surface area contributed by atoms with Crippen molar-refractivity contribution >= 4 is 5.91 Å². The van der Waals surface area contributed by atoms with E-state index in [1.807, 2.05) is 47.4 Å². The highest BCUT2D eigenvalue weighted by molar-refractivity contribution is 5.95. The summed E-state index contributed by atoms with van der Waals surface area (Å²) in [5.41, 5.74) is 3.75. The van der Waals surface area contributed by atoms with Crippen LogP contribution in [0.25, 0.3) is 0 Å². The number of hydrogen-bond acceptors (Lipinski definition) is 4. The third kappa shape index (κ3) is 1.97. The lowest BCUT2D eigenvalue weighted by atomic mass is 9.57. The number of amides is 1. The van der Waals surface area contributed by atoms with Crippen molar-refractivity contribution in [2.75, 3.05) is 13.7 Å². The Morgan fingerprint density at radius 1 is 1.21 bits per heavy atom. The molecule has 0 saturated carbocycles. The lowest BCUT2D eigenvalue weighted by Gasteiger charge is -2.53. The van der Waals surface area contributed by atoms with E-state index in [-0.39, 0.29) is 29.2 Å². The second kappa shape index (κ2) is 5.66. The number of ether oxygens (including phenoxy) is 2. The molecule has 1 spiro atoms. The van der Waals surface area contributed by atoms with E-state index >= 15 is 0 Å². The van der Waals surface area contributed by atoms with E-state index in [9.17, 15) is 9.90 Å². The van der Waals surface area contributed by atoms with Gasteiger partial charge in [0.05, 0.1) is 18.6 Å². The lowest BCUT2D eigenvalue weighted by molar-refractivity contribution is 0.0468. The fourth-order valence-electron chi connectivity index (χ4n) is 5.77. The van der Waals surface area contributed by atoms with Crippen molar-refractivity contribution in [1.29, 1.82) is 0 Å². The maximum atomic E-state index is 13.3. The Balaban J connectivity index is 1.53. The molecule has 1 N–H and O–H groups in total. The number of benzene rings is 2. The molecular weight excluding hydrogens is 366 g/mol. The Morgan fingerprint density at radius 2 is 2.03 bits per heavy atom. The summed E-state index contributed by atoms with van der Waals surface area (Å²) in [7, 11) is 1.66. The maximum absolute atomic E-state index is 13.3. The molecule has 0 aromatic heterocycles. The molecule has 1 saturated heterocycles. The Hall–Kier alpha value is -3.21. The molecule has 0 radical (unpaired) electrons. The van der Waals surface area contributed by atoms with Crippen LogP contribution in [0.4, 0.5) is 0 Å². The Labute approximate surface area is 168 Å². The molecule has 2 bridgehead atoms. The average molecular weight is 387 g/mol. The number of phenolic OH excluding ortho intramolecular Hbond substituents is 1. The van der Waals surface area contributed by atoms with Gasteiger partial charge in [-0.1, -0.05) is 30.3 Å². The van der Waals surface area contributed by atoms with Crippen LogP contribution in [0.5, 0.6) is 11.5 Å². The van der Waals surface area contributed by atoms with Gasteiger partial charge >= 0.3 is 0 Å². The molecule has 2 aromatic rings. The molecule has 29 heavy (non-hydrogen) atoms. The minimum Gasteiger partial charge on any atom is -0.504 e. The molecule has 146 valence electrons. The van der Waals surface area contributed by atoms with Gasteiger partial charge in [-0.15, -0.1) is 0 Å². The maximum Gasteiger partial charge on any atom is 0.254 e. The third-order valence-electron chi connectivity index (χ3n) is 6.97. The van der Waals surface area contributed by atoms with Crippen LogP contribution >= 0.6 is 0 Å². The van der Waals surface area contributed by atoms with Crippen molar-refractivity contribution < 1.29 is 19.4 Å². The van der Waals surface area contributed by atoms with Gasteiger partial charge in [-0.2, -0.15) is 0 Å². The predicted molar refractivity (Wildman–Crippen MR) is 107 cm³/mol. The van der Waals surface area contributed by atoms with Gasteiger partial charge in [0.25, 0.3) is 5.91 Å². The molecule has 1 fully saturated rings. The summed E-state index contributed by atoms with van der Waals surface area (Å²) in [4.78, 5) is 15.3. The number of carbonyl (C=O) groups excluding carboxylic acids is 1.